The number of carboxylic acids is 1. The molecule has 3 aliphatic rings. The highest BCUT2D eigenvalue weighted by molar-refractivity contribution is 5.84. The Labute approximate surface area is 147 Å². The van der Waals surface area contributed by atoms with Crippen molar-refractivity contribution in [3.8, 4) is 5.75 Å². The first kappa shape index (κ1) is 15.2. The average Bonchev–Trinajstić information content (AvgIpc) is 3.16. The van der Waals surface area contributed by atoms with Gasteiger partial charge in [0.1, 0.15) is 5.75 Å². The molecule has 4 nitrogen and oxygen atoms in total. The first-order valence-corrected chi connectivity index (χ1v) is 9.28. The summed E-state index contributed by atoms with van der Waals surface area (Å²) in [5.74, 6) is 1.99. The molecule has 1 N–H and O–H groups in total. The van der Waals surface area contributed by atoms with Crippen molar-refractivity contribution in [3.05, 3.63) is 42.0 Å². The summed E-state index contributed by atoms with van der Waals surface area (Å²) in [5, 5.41) is 11.4. The quantitative estimate of drug-likeness (QED) is 0.907. The molecule has 2 aromatic rings. The highest BCUT2D eigenvalue weighted by atomic mass is 16.5. The number of likely N-dealkylation sites (tertiary alicyclic amines) is 1. The van der Waals surface area contributed by atoms with E-state index in [0.717, 1.165) is 24.1 Å². The smallest absolute Gasteiger partial charge is 0.309 e. The van der Waals surface area contributed by atoms with Gasteiger partial charge in [-0.25, -0.2) is 0 Å². The maximum atomic E-state index is 10.9. The second-order valence-corrected chi connectivity index (χ2v) is 8.04. The van der Waals surface area contributed by atoms with Gasteiger partial charge in [-0.3, -0.25) is 9.69 Å². The molecular weight excluding hydrogens is 314 g/mol. The van der Waals surface area contributed by atoms with Gasteiger partial charge >= 0.3 is 5.97 Å². The Balaban J connectivity index is 1.25. The predicted molar refractivity (Wildman–Crippen MR) is 95.6 cm³/mol. The van der Waals surface area contributed by atoms with Crippen LogP contribution in [0.3, 0.4) is 0 Å². The molecule has 2 aliphatic carbocycles. The van der Waals surface area contributed by atoms with Crippen molar-refractivity contribution in [1.29, 1.82) is 0 Å². The number of fused-ring (bicyclic) bond motifs is 2. The third kappa shape index (κ3) is 2.99. The zero-order valence-corrected chi connectivity index (χ0v) is 14.2. The van der Waals surface area contributed by atoms with Gasteiger partial charge in [-0.2, -0.15) is 0 Å². The monoisotopic (exact) mass is 337 g/mol. The number of hydrogen-bond acceptors (Lipinski definition) is 3. The molecule has 1 aliphatic heterocycles. The van der Waals surface area contributed by atoms with Crippen LogP contribution in [0.4, 0.5) is 0 Å². The molecule has 0 aromatic heterocycles. The van der Waals surface area contributed by atoms with Crippen molar-refractivity contribution in [2.75, 3.05) is 13.1 Å². The Morgan fingerprint density at radius 3 is 2.52 bits per heavy atom. The molecule has 2 saturated carbocycles. The third-order valence-electron chi connectivity index (χ3n) is 6.09. The average molecular weight is 337 g/mol. The molecule has 2 unspecified atom stereocenters. The standard InChI is InChI=1S/C21H23NO3/c23-21(24)18-11-22(12-18)10-13-1-2-15-7-19(4-3-14(15)5-13)25-20-8-16-6-17(16)9-20/h1-5,7,16-18,20H,6,8-12H2,(H,23,24)/t16-,17?,20?/m1/s1. The number of carboxylic acid groups (broad SMARTS) is 1. The number of hydrogen-bond donors (Lipinski definition) is 1. The van der Waals surface area contributed by atoms with Crippen LogP contribution >= 0.6 is 0 Å². The molecular formula is C21H23NO3. The van der Waals surface area contributed by atoms with E-state index < -0.39 is 5.97 Å². The van der Waals surface area contributed by atoms with Gasteiger partial charge in [-0.1, -0.05) is 18.2 Å². The lowest BCUT2D eigenvalue weighted by atomic mass is 9.99. The summed E-state index contributed by atoms with van der Waals surface area (Å²) < 4.78 is 6.18. The Hall–Kier alpha value is -2.07. The summed E-state index contributed by atoms with van der Waals surface area (Å²) in [7, 11) is 0. The van der Waals surface area contributed by atoms with Crippen molar-refractivity contribution in [1.82, 2.24) is 4.90 Å². The first-order valence-electron chi connectivity index (χ1n) is 9.28. The highest BCUT2D eigenvalue weighted by Crippen LogP contribution is 2.52. The van der Waals surface area contributed by atoms with Crippen molar-refractivity contribution in [2.45, 2.75) is 31.9 Å². The zero-order valence-electron chi connectivity index (χ0n) is 14.2. The molecule has 1 heterocycles. The van der Waals surface area contributed by atoms with Gasteiger partial charge in [0.15, 0.2) is 0 Å². The van der Waals surface area contributed by atoms with E-state index >= 15 is 0 Å². The van der Waals surface area contributed by atoms with Crippen LogP contribution in [0, 0.1) is 17.8 Å². The van der Waals surface area contributed by atoms with Crippen LogP contribution in [-0.2, 0) is 11.3 Å². The third-order valence-corrected chi connectivity index (χ3v) is 6.09. The fourth-order valence-electron chi connectivity index (χ4n) is 4.51. The maximum Gasteiger partial charge on any atom is 0.309 e. The zero-order chi connectivity index (χ0) is 17.0. The molecule has 0 spiro atoms. The number of aliphatic carboxylic acids is 1. The van der Waals surface area contributed by atoms with E-state index in [2.05, 4.69) is 41.3 Å². The lowest BCUT2D eigenvalue weighted by Gasteiger charge is -2.36. The van der Waals surface area contributed by atoms with Gasteiger partial charge in [-0.05, 0) is 65.6 Å². The molecule has 5 rings (SSSR count). The summed E-state index contributed by atoms with van der Waals surface area (Å²) in [6.07, 6.45) is 4.29. The summed E-state index contributed by atoms with van der Waals surface area (Å²) in [6, 6.07) is 12.9. The van der Waals surface area contributed by atoms with Gasteiger partial charge in [0, 0.05) is 19.6 Å². The molecule has 4 heteroatoms. The van der Waals surface area contributed by atoms with Gasteiger partial charge in [-0.15, -0.1) is 0 Å². The predicted octanol–water partition coefficient (Wildman–Crippen LogP) is 3.53. The lowest BCUT2D eigenvalue weighted by Crippen LogP contribution is -2.49. The summed E-state index contributed by atoms with van der Waals surface area (Å²) in [4.78, 5) is 13.1. The minimum atomic E-state index is -0.679. The fraction of sp³-hybridized carbons (Fsp3) is 0.476. The summed E-state index contributed by atoms with van der Waals surface area (Å²) >= 11 is 0. The van der Waals surface area contributed by atoms with Gasteiger partial charge in [0.25, 0.3) is 0 Å². The van der Waals surface area contributed by atoms with E-state index in [4.69, 9.17) is 9.84 Å². The minimum absolute atomic E-state index is 0.193. The molecule has 130 valence electrons. The van der Waals surface area contributed by atoms with Crippen molar-refractivity contribution < 1.29 is 14.6 Å². The Kier molecular flexibility index (Phi) is 3.49. The molecule has 0 amide bonds. The number of carbonyl (C=O) groups is 1. The molecule has 2 aromatic carbocycles. The molecule has 3 fully saturated rings. The van der Waals surface area contributed by atoms with Crippen LogP contribution in [0.2, 0.25) is 0 Å². The van der Waals surface area contributed by atoms with Crippen molar-refractivity contribution in [3.63, 3.8) is 0 Å². The maximum absolute atomic E-state index is 10.9. The van der Waals surface area contributed by atoms with Crippen LogP contribution in [-0.4, -0.2) is 35.2 Å². The number of rotatable bonds is 5. The van der Waals surface area contributed by atoms with E-state index in [9.17, 15) is 4.79 Å². The fourth-order valence-corrected chi connectivity index (χ4v) is 4.51. The van der Waals surface area contributed by atoms with Crippen LogP contribution in [0.25, 0.3) is 10.8 Å². The van der Waals surface area contributed by atoms with Crippen LogP contribution in [0.15, 0.2) is 36.4 Å². The van der Waals surface area contributed by atoms with Crippen LogP contribution in [0.1, 0.15) is 24.8 Å². The highest BCUT2D eigenvalue weighted by Gasteiger charge is 2.46. The molecule has 0 bridgehead atoms. The summed E-state index contributed by atoms with van der Waals surface area (Å²) in [5.41, 5.74) is 1.24. The first-order chi connectivity index (χ1) is 12.1. The lowest BCUT2D eigenvalue weighted by molar-refractivity contribution is -0.147. The van der Waals surface area contributed by atoms with Gasteiger partial charge in [0.05, 0.1) is 12.0 Å². The Morgan fingerprint density at radius 1 is 1.04 bits per heavy atom. The Morgan fingerprint density at radius 2 is 1.76 bits per heavy atom. The molecule has 0 radical (unpaired) electrons. The largest absolute Gasteiger partial charge is 0.490 e. The van der Waals surface area contributed by atoms with E-state index in [0.29, 0.717) is 19.2 Å². The normalized spacial score (nSPS) is 28.6. The van der Waals surface area contributed by atoms with Gasteiger partial charge < -0.3 is 9.84 Å². The van der Waals surface area contributed by atoms with E-state index in [1.165, 1.54) is 35.6 Å². The number of benzene rings is 2. The van der Waals surface area contributed by atoms with E-state index in [-0.39, 0.29) is 5.92 Å². The molecule has 25 heavy (non-hydrogen) atoms. The van der Waals surface area contributed by atoms with Crippen molar-refractivity contribution in [2.24, 2.45) is 17.8 Å². The second kappa shape index (κ2) is 5.73. The van der Waals surface area contributed by atoms with E-state index in [1.807, 2.05) is 0 Å². The Bertz CT molecular complexity index is 817. The second-order valence-electron chi connectivity index (χ2n) is 8.04. The SMILES string of the molecule is O=C(O)C1CN(Cc2ccc3cc(OC4CC5C[C@@H]5C4)ccc3c2)C1. The van der Waals surface area contributed by atoms with E-state index in [1.54, 1.807) is 0 Å². The minimum Gasteiger partial charge on any atom is -0.490 e. The number of ether oxygens (including phenoxy) is 1. The van der Waals surface area contributed by atoms with Crippen LogP contribution < -0.4 is 4.74 Å². The van der Waals surface area contributed by atoms with Crippen molar-refractivity contribution >= 4 is 16.7 Å². The van der Waals surface area contributed by atoms with Crippen LogP contribution in [0.5, 0.6) is 5.75 Å². The molecule has 1 saturated heterocycles. The number of nitrogens with zero attached hydrogens (tertiary/aromatic N) is 1. The topological polar surface area (TPSA) is 49.8 Å². The summed E-state index contributed by atoms with van der Waals surface area (Å²) in [6.45, 7) is 2.13. The van der Waals surface area contributed by atoms with Gasteiger partial charge in [0.2, 0.25) is 0 Å². The molecule has 3 atom stereocenters.